The summed E-state index contributed by atoms with van der Waals surface area (Å²) in [5.74, 6) is 0.868. The van der Waals surface area contributed by atoms with Crippen LogP contribution in [0.25, 0.3) is 0 Å². The van der Waals surface area contributed by atoms with Crippen molar-refractivity contribution >= 4 is 5.97 Å². The van der Waals surface area contributed by atoms with Crippen molar-refractivity contribution in [1.29, 1.82) is 0 Å². The number of carbonyl (C=O) groups is 1. The molecule has 1 unspecified atom stereocenters. The fraction of sp³-hybridized carbons (Fsp3) is 0.562. The molecule has 1 aliphatic heterocycles. The predicted octanol–water partition coefficient (Wildman–Crippen LogP) is 2.39. The molecule has 1 aromatic carbocycles. The van der Waals surface area contributed by atoms with E-state index in [2.05, 4.69) is 4.90 Å². The summed E-state index contributed by atoms with van der Waals surface area (Å²) in [5.41, 5.74) is 0.358. The Hall–Kier alpha value is -1.75. The zero-order chi connectivity index (χ0) is 15.5. The topological polar surface area (TPSA) is 59.0 Å². The van der Waals surface area contributed by atoms with Gasteiger partial charge in [0.1, 0.15) is 11.5 Å². The van der Waals surface area contributed by atoms with Gasteiger partial charge in [-0.1, -0.05) is 0 Å². The van der Waals surface area contributed by atoms with Gasteiger partial charge in [0.25, 0.3) is 0 Å². The minimum absolute atomic E-state index is 0.558. The van der Waals surface area contributed by atoms with Crippen LogP contribution in [0.15, 0.2) is 18.2 Å². The lowest BCUT2D eigenvalue weighted by molar-refractivity contribution is -0.151. The molecule has 0 amide bonds. The molecule has 0 spiro atoms. The molecule has 0 saturated carbocycles. The molecule has 2 rings (SSSR count). The van der Waals surface area contributed by atoms with E-state index in [1.807, 2.05) is 25.1 Å². The van der Waals surface area contributed by atoms with Crippen molar-refractivity contribution in [2.45, 2.75) is 26.3 Å². The summed E-state index contributed by atoms with van der Waals surface area (Å²) in [6, 6.07) is 5.69. The molecule has 1 atom stereocenters. The summed E-state index contributed by atoms with van der Waals surface area (Å²) in [6.07, 6.45) is 1.63. The van der Waals surface area contributed by atoms with Crippen molar-refractivity contribution in [2.75, 3.05) is 27.3 Å². The minimum atomic E-state index is -0.718. The Labute approximate surface area is 125 Å². The van der Waals surface area contributed by atoms with Crippen molar-refractivity contribution in [3.05, 3.63) is 23.8 Å². The first-order valence-corrected chi connectivity index (χ1v) is 7.15. The fourth-order valence-corrected chi connectivity index (χ4v) is 2.90. The molecule has 0 aliphatic carbocycles. The number of benzene rings is 1. The average molecular weight is 293 g/mol. The highest BCUT2D eigenvalue weighted by Gasteiger charge is 2.37. The summed E-state index contributed by atoms with van der Waals surface area (Å²) in [6.45, 7) is 3.96. The second-order valence-electron chi connectivity index (χ2n) is 5.86. The molecular formula is C16H23NO4. The van der Waals surface area contributed by atoms with E-state index in [1.54, 1.807) is 14.2 Å². The van der Waals surface area contributed by atoms with Crippen LogP contribution in [0.5, 0.6) is 11.5 Å². The summed E-state index contributed by atoms with van der Waals surface area (Å²) in [7, 11) is 3.27. The van der Waals surface area contributed by atoms with E-state index in [1.165, 1.54) is 0 Å². The number of likely N-dealkylation sites (tertiary alicyclic amines) is 1. The van der Waals surface area contributed by atoms with Crippen LogP contribution >= 0.6 is 0 Å². The average Bonchev–Trinajstić information content (AvgIpc) is 2.47. The standard InChI is InChI=1S/C16H23NO4/c1-16(15(18)19)7-4-8-17(11-16)10-12-9-13(20-2)5-6-14(12)21-3/h5-6,9H,4,7-8,10-11H2,1-3H3,(H,18,19). The van der Waals surface area contributed by atoms with Crippen molar-refractivity contribution in [1.82, 2.24) is 4.90 Å². The van der Waals surface area contributed by atoms with Gasteiger partial charge in [0.05, 0.1) is 19.6 Å². The van der Waals surface area contributed by atoms with Gasteiger partial charge in [-0.15, -0.1) is 0 Å². The maximum atomic E-state index is 11.4. The van der Waals surface area contributed by atoms with Gasteiger partial charge in [-0.3, -0.25) is 9.69 Å². The molecule has 1 saturated heterocycles. The molecule has 116 valence electrons. The summed E-state index contributed by atoms with van der Waals surface area (Å²) in [4.78, 5) is 13.6. The lowest BCUT2D eigenvalue weighted by Gasteiger charge is -2.37. The van der Waals surface area contributed by atoms with Crippen LogP contribution in [-0.2, 0) is 11.3 Å². The molecule has 1 heterocycles. The number of rotatable bonds is 5. The number of ether oxygens (including phenoxy) is 2. The van der Waals surface area contributed by atoms with Crippen LogP contribution in [0.4, 0.5) is 0 Å². The van der Waals surface area contributed by atoms with Gasteiger partial charge in [0.15, 0.2) is 0 Å². The highest BCUT2D eigenvalue weighted by atomic mass is 16.5. The number of hydrogen-bond donors (Lipinski definition) is 1. The van der Waals surface area contributed by atoms with Crippen molar-refractivity contribution in [3.8, 4) is 11.5 Å². The van der Waals surface area contributed by atoms with E-state index in [-0.39, 0.29) is 0 Å². The Morgan fingerprint density at radius 1 is 1.38 bits per heavy atom. The van der Waals surface area contributed by atoms with Gasteiger partial charge in [-0.05, 0) is 44.5 Å². The Morgan fingerprint density at radius 2 is 2.14 bits per heavy atom. The van der Waals surface area contributed by atoms with E-state index in [0.29, 0.717) is 13.1 Å². The normalized spacial score (nSPS) is 22.8. The van der Waals surface area contributed by atoms with Crippen LogP contribution in [0.1, 0.15) is 25.3 Å². The van der Waals surface area contributed by atoms with Gasteiger partial charge in [0.2, 0.25) is 0 Å². The zero-order valence-electron chi connectivity index (χ0n) is 12.9. The van der Waals surface area contributed by atoms with Crippen LogP contribution in [0, 0.1) is 5.41 Å². The Kier molecular flexibility index (Phi) is 4.73. The van der Waals surface area contributed by atoms with E-state index in [0.717, 1.165) is 36.4 Å². The third-order valence-electron chi connectivity index (χ3n) is 4.17. The van der Waals surface area contributed by atoms with E-state index < -0.39 is 11.4 Å². The molecule has 1 fully saturated rings. The number of aliphatic carboxylic acids is 1. The van der Waals surface area contributed by atoms with Gasteiger partial charge in [-0.25, -0.2) is 0 Å². The molecule has 21 heavy (non-hydrogen) atoms. The highest BCUT2D eigenvalue weighted by Crippen LogP contribution is 2.32. The van der Waals surface area contributed by atoms with Gasteiger partial charge >= 0.3 is 5.97 Å². The molecule has 0 bridgehead atoms. The Morgan fingerprint density at radius 3 is 2.76 bits per heavy atom. The van der Waals surface area contributed by atoms with Crippen LogP contribution in [0.3, 0.4) is 0 Å². The van der Waals surface area contributed by atoms with Crippen molar-refractivity contribution < 1.29 is 19.4 Å². The van der Waals surface area contributed by atoms with E-state index in [9.17, 15) is 9.90 Å². The molecule has 1 aliphatic rings. The smallest absolute Gasteiger partial charge is 0.310 e. The molecule has 1 N–H and O–H groups in total. The largest absolute Gasteiger partial charge is 0.497 e. The third-order valence-corrected chi connectivity index (χ3v) is 4.17. The van der Waals surface area contributed by atoms with Crippen LogP contribution < -0.4 is 9.47 Å². The maximum Gasteiger partial charge on any atom is 0.310 e. The molecule has 1 aromatic rings. The first-order chi connectivity index (χ1) is 9.98. The second kappa shape index (κ2) is 6.35. The SMILES string of the molecule is COc1ccc(OC)c(CN2CCCC(C)(C(=O)O)C2)c1. The van der Waals surface area contributed by atoms with Gasteiger partial charge < -0.3 is 14.6 Å². The quantitative estimate of drug-likeness (QED) is 0.903. The summed E-state index contributed by atoms with van der Waals surface area (Å²) < 4.78 is 10.6. The van der Waals surface area contributed by atoms with Gasteiger partial charge in [0, 0.05) is 18.7 Å². The highest BCUT2D eigenvalue weighted by molar-refractivity contribution is 5.74. The zero-order valence-corrected chi connectivity index (χ0v) is 12.9. The molecule has 0 aromatic heterocycles. The summed E-state index contributed by atoms with van der Waals surface area (Å²) >= 11 is 0. The van der Waals surface area contributed by atoms with E-state index >= 15 is 0 Å². The first-order valence-electron chi connectivity index (χ1n) is 7.15. The molecule has 0 radical (unpaired) electrons. The Bertz CT molecular complexity index is 517. The maximum absolute atomic E-state index is 11.4. The molecule has 5 heteroatoms. The van der Waals surface area contributed by atoms with Crippen LogP contribution in [-0.4, -0.2) is 43.3 Å². The van der Waals surface area contributed by atoms with Gasteiger partial charge in [-0.2, -0.15) is 0 Å². The number of carboxylic acids is 1. The fourth-order valence-electron chi connectivity index (χ4n) is 2.90. The first kappa shape index (κ1) is 15.6. The minimum Gasteiger partial charge on any atom is -0.497 e. The van der Waals surface area contributed by atoms with Crippen molar-refractivity contribution in [2.24, 2.45) is 5.41 Å². The van der Waals surface area contributed by atoms with Crippen molar-refractivity contribution in [3.63, 3.8) is 0 Å². The van der Waals surface area contributed by atoms with Crippen LogP contribution in [0.2, 0.25) is 0 Å². The molecule has 5 nitrogen and oxygen atoms in total. The molecular weight excluding hydrogens is 270 g/mol. The number of nitrogens with zero attached hydrogens (tertiary/aromatic N) is 1. The predicted molar refractivity (Wildman–Crippen MR) is 79.8 cm³/mol. The van der Waals surface area contributed by atoms with E-state index in [4.69, 9.17) is 9.47 Å². The second-order valence-corrected chi connectivity index (χ2v) is 5.86. The number of carboxylic acid groups (broad SMARTS) is 1. The number of piperidine rings is 1. The number of methoxy groups -OCH3 is 2. The lowest BCUT2D eigenvalue weighted by Crippen LogP contribution is -2.45. The third kappa shape index (κ3) is 3.47. The number of hydrogen-bond acceptors (Lipinski definition) is 4. The lowest BCUT2D eigenvalue weighted by atomic mass is 9.82. The summed E-state index contributed by atoms with van der Waals surface area (Å²) in [5, 5.41) is 9.39. The Balaban J connectivity index is 2.15. The monoisotopic (exact) mass is 293 g/mol.